The van der Waals surface area contributed by atoms with Crippen LogP contribution in [0.1, 0.15) is 25.0 Å². The Morgan fingerprint density at radius 3 is 2.53 bits per heavy atom. The van der Waals surface area contributed by atoms with Gasteiger partial charge >= 0.3 is 0 Å². The van der Waals surface area contributed by atoms with Crippen molar-refractivity contribution in [1.82, 2.24) is 9.78 Å². The van der Waals surface area contributed by atoms with Crippen LogP contribution in [0.5, 0.6) is 0 Å². The van der Waals surface area contributed by atoms with Crippen molar-refractivity contribution in [3.8, 4) is 6.07 Å². The summed E-state index contributed by atoms with van der Waals surface area (Å²) in [5.41, 5.74) is 2.77. The average Bonchev–Trinajstić information content (AvgIpc) is 2.83. The molecule has 0 atom stereocenters. The Balaban J connectivity index is 2.02. The summed E-state index contributed by atoms with van der Waals surface area (Å²) in [6.45, 7) is 4.59. The standard InChI is InChI=1S/C15H18N4/c1-15(2,11-16)13-4-6-14(7-5-13)17-8-12-9-18-19(3)10-12/h4-7,9-10,17H,8H2,1-3H3. The third kappa shape index (κ3) is 3.14. The highest BCUT2D eigenvalue weighted by molar-refractivity contribution is 5.47. The molecule has 0 spiro atoms. The van der Waals surface area contributed by atoms with Gasteiger partial charge in [-0.2, -0.15) is 10.4 Å². The van der Waals surface area contributed by atoms with Crippen LogP contribution in [0.3, 0.4) is 0 Å². The van der Waals surface area contributed by atoms with Gasteiger partial charge in [-0.05, 0) is 31.5 Å². The zero-order chi connectivity index (χ0) is 13.9. The van der Waals surface area contributed by atoms with Crippen LogP contribution in [-0.4, -0.2) is 9.78 Å². The summed E-state index contributed by atoms with van der Waals surface area (Å²) in [4.78, 5) is 0. The summed E-state index contributed by atoms with van der Waals surface area (Å²) in [5.74, 6) is 0. The minimum Gasteiger partial charge on any atom is -0.381 e. The molecular formula is C15H18N4. The lowest BCUT2D eigenvalue weighted by atomic mass is 9.86. The highest BCUT2D eigenvalue weighted by Crippen LogP contribution is 2.23. The molecule has 0 aliphatic heterocycles. The van der Waals surface area contributed by atoms with Crippen molar-refractivity contribution < 1.29 is 0 Å². The fraction of sp³-hybridized carbons (Fsp3) is 0.333. The zero-order valence-corrected chi connectivity index (χ0v) is 11.5. The van der Waals surface area contributed by atoms with Crippen molar-refractivity contribution in [1.29, 1.82) is 5.26 Å². The van der Waals surface area contributed by atoms with Gasteiger partial charge in [-0.3, -0.25) is 4.68 Å². The van der Waals surface area contributed by atoms with Crippen molar-refractivity contribution in [2.45, 2.75) is 25.8 Å². The molecule has 0 radical (unpaired) electrons. The van der Waals surface area contributed by atoms with E-state index in [1.807, 2.05) is 57.6 Å². The predicted octanol–water partition coefficient (Wildman–Crippen LogP) is 2.83. The molecule has 2 rings (SSSR count). The van der Waals surface area contributed by atoms with Gasteiger partial charge in [0.2, 0.25) is 0 Å². The monoisotopic (exact) mass is 254 g/mol. The summed E-state index contributed by atoms with van der Waals surface area (Å²) in [6.07, 6.45) is 3.83. The molecule has 1 heterocycles. The predicted molar refractivity (Wildman–Crippen MR) is 75.6 cm³/mol. The molecule has 98 valence electrons. The van der Waals surface area contributed by atoms with E-state index < -0.39 is 5.41 Å². The Labute approximate surface area is 113 Å². The molecule has 1 N–H and O–H groups in total. The van der Waals surface area contributed by atoms with E-state index in [9.17, 15) is 0 Å². The first-order chi connectivity index (χ1) is 9.01. The van der Waals surface area contributed by atoms with Gasteiger partial charge in [0.05, 0.1) is 17.7 Å². The number of nitrogens with one attached hydrogen (secondary N) is 1. The van der Waals surface area contributed by atoms with Gasteiger partial charge in [0.25, 0.3) is 0 Å². The van der Waals surface area contributed by atoms with E-state index in [-0.39, 0.29) is 0 Å². The molecule has 0 fully saturated rings. The van der Waals surface area contributed by atoms with Crippen LogP contribution >= 0.6 is 0 Å². The van der Waals surface area contributed by atoms with E-state index in [1.165, 1.54) is 0 Å². The minimum absolute atomic E-state index is 0.443. The maximum absolute atomic E-state index is 9.10. The molecule has 0 aliphatic carbocycles. The summed E-state index contributed by atoms with van der Waals surface area (Å²) in [5, 5.41) is 16.6. The van der Waals surface area contributed by atoms with Gasteiger partial charge < -0.3 is 5.32 Å². The summed E-state index contributed by atoms with van der Waals surface area (Å²) < 4.78 is 1.79. The number of anilines is 1. The molecule has 0 bridgehead atoms. The molecule has 1 aromatic carbocycles. The molecule has 0 amide bonds. The van der Waals surface area contributed by atoms with Gasteiger partial charge in [0, 0.05) is 31.0 Å². The van der Waals surface area contributed by atoms with Gasteiger partial charge in [0.15, 0.2) is 0 Å². The third-order valence-electron chi connectivity index (χ3n) is 3.14. The number of hydrogen-bond donors (Lipinski definition) is 1. The Hall–Kier alpha value is -2.28. The van der Waals surface area contributed by atoms with Crippen molar-refractivity contribution in [2.24, 2.45) is 7.05 Å². The number of hydrogen-bond acceptors (Lipinski definition) is 3. The fourth-order valence-corrected chi connectivity index (χ4v) is 1.84. The van der Waals surface area contributed by atoms with Crippen molar-refractivity contribution in [2.75, 3.05) is 5.32 Å². The van der Waals surface area contributed by atoms with Crippen LogP contribution in [0.15, 0.2) is 36.7 Å². The molecule has 2 aromatic rings. The van der Waals surface area contributed by atoms with Gasteiger partial charge in [-0.1, -0.05) is 12.1 Å². The largest absolute Gasteiger partial charge is 0.381 e. The second-order valence-corrected chi connectivity index (χ2v) is 5.19. The molecule has 0 aliphatic rings. The van der Waals surface area contributed by atoms with Crippen molar-refractivity contribution in [3.05, 3.63) is 47.8 Å². The van der Waals surface area contributed by atoms with Gasteiger partial charge in [-0.15, -0.1) is 0 Å². The van der Waals surface area contributed by atoms with Crippen molar-refractivity contribution >= 4 is 5.69 Å². The summed E-state index contributed by atoms with van der Waals surface area (Å²) >= 11 is 0. The van der Waals surface area contributed by atoms with Crippen LogP contribution in [-0.2, 0) is 19.0 Å². The molecule has 4 heteroatoms. The Bertz CT molecular complexity index is 587. The normalized spacial score (nSPS) is 11.1. The Morgan fingerprint density at radius 2 is 2.00 bits per heavy atom. The Morgan fingerprint density at radius 1 is 1.32 bits per heavy atom. The van der Waals surface area contributed by atoms with E-state index in [0.29, 0.717) is 0 Å². The van der Waals surface area contributed by atoms with E-state index in [0.717, 1.165) is 23.4 Å². The fourth-order valence-electron chi connectivity index (χ4n) is 1.84. The topological polar surface area (TPSA) is 53.6 Å². The maximum atomic E-state index is 9.10. The molecule has 1 aromatic heterocycles. The molecule has 4 nitrogen and oxygen atoms in total. The SMILES string of the molecule is Cn1cc(CNc2ccc(C(C)(C)C#N)cc2)cn1. The zero-order valence-electron chi connectivity index (χ0n) is 11.5. The first-order valence-electron chi connectivity index (χ1n) is 6.24. The minimum atomic E-state index is -0.443. The summed E-state index contributed by atoms with van der Waals surface area (Å²) in [7, 11) is 1.91. The highest BCUT2D eigenvalue weighted by atomic mass is 15.2. The number of rotatable bonds is 4. The third-order valence-corrected chi connectivity index (χ3v) is 3.14. The van der Waals surface area contributed by atoms with Crippen LogP contribution < -0.4 is 5.32 Å². The molecular weight excluding hydrogens is 236 g/mol. The Kier molecular flexibility index (Phi) is 3.57. The number of nitrogens with zero attached hydrogens (tertiary/aromatic N) is 3. The van der Waals surface area contributed by atoms with Gasteiger partial charge in [-0.25, -0.2) is 0 Å². The van der Waals surface area contributed by atoms with E-state index >= 15 is 0 Å². The molecule has 0 saturated carbocycles. The van der Waals surface area contributed by atoms with Crippen LogP contribution in [0.25, 0.3) is 0 Å². The van der Waals surface area contributed by atoms with Crippen LogP contribution in [0, 0.1) is 11.3 Å². The maximum Gasteiger partial charge on any atom is 0.0766 e. The lowest BCUT2D eigenvalue weighted by Gasteiger charge is -2.16. The van der Waals surface area contributed by atoms with Gasteiger partial charge in [0.1, 0.15) is 0 Å². The lowest BCUT2D eigenvalue weighted by Crippen LogP contribution is -2.13. The second kappa shape index (κ2) is 5.15. The summed E-state index contributed by atoms with van der Waals surface area (Å²) in [6, 6.07) is 10.3. The molecule has 0 unspecified atom stereocenters. The van der Waals surface area contributed by atoms with E-state index in [1.54, 1.807) is 4.68 Å². The first kappa shape index (κ1) is 13.2. The molecule has 0 saturated heterocycles. The number of benzene rings is 1. The smallest absolute Gasteiger partial charge is 0.0766 e. The van der Waals surface area contributed by atoms with E-state index in [2.05, 4.69) is 16.5 Å². The van der Waals surface area contributed by atoms with Crippen LogP contribution in [0.2, 0.25) is 0 Å². The number of aromatic nitrogens is 2. The second-order valence-electron chi connectivity index (χ2n) is 5.19. The number of aryl methyl sites for hydroxylation is 1. The van der Waals surface area contributed by atoms with E-state index in [4.69, 9.17) is 5.26 Å². The quantitative estimate of drug-likeness (QED) is 0.912. The number of nitriles is 1. The average molecular weight is 254 g/mol. The molecule has 19 heavy (non-hydrogen) atoms. The van der Waals surface area contributed by atoms with Crippen LogP contribution in [0.4, 0.5) is 5.69 Å². The lowest BCUT2D eigenvalue weighted by molar-refractivity contribution is 0.687. The first-order valence-corrected chi connectivity index (χ1v) is 6.24. The highest BCUT2D eigenvalue weighted by Gasteiger charge is 2.18. The van der Waals surface area contributed by atoms with Crippen molar-refractivity contribution in [3.63, 3.8) is 0 Å².